The predicted molar refractivity (Wildman–Crippen MR) is 122 cm³/mol. The molecule has 2 N–H and O–H groups in total. The monoisotopic (exact) mass is 437 g/mol. The van der Waals surface area contributed by atoms with Crippen LogP contribution in [0.15, 0.2) is 42.7 Å². The van der Waals surface area contributed by atoms with E-state index in [4.69, 9.17) is 14.2 Å². The molecule has 168 valence electrons. The van der Waals surface area contributed by atoms with Gasteiger partial charge in [0.25, 0.3) is 0 Å². The molecule has 0 unspecified atom stereocenters. The molecular weight excluding hydrogens is 410 g/mol. The third-order valence-corrected chi connectivity index (χ3v) is 5.41. The predicted octanol–water partition coefficient (Wildman–Crippen LogP) is 3.27. The van der Waals surface area contributed by atoms with Crippen molar-refractivity contribution in [2.75, 3.05) is 44.6 Å². The summed E-state index contributed by atoms with van der Waals surface area (Å²) in [7, 11) is 4.70. The highest BCUT2D eigenvalue weighted by Gasteiger charge is 2.18. The van der Waals surface area contributed by atoms with Gasteiger partial charge in [0.05, 0.1) is 33.1 Å². The van der Waals surface area contributed by atoms with Gasteiger partial charge in [-0.3, -0.25) is 0 Å². The molecule has 9 nitrogen and oxygen atoms in total. The van der Waals surface area contributed by atoms with Gasteiger partial charge in [-0.2, -0.15) is 0 Å². The van der Waals surface area contributed by atoms with E-state index >= 15 is 0 Å². The fourth-order valence-electron chi connectivity index (χ4n) is 3.68. The van der Waals surface area contributed by atoms with Gasteiger partial charge in [0.2, 0.25) is 11.7 Å². The number of benzene rings is 1. The zero-order valence-electron chi connectivity index (χ0n) is 18.4. The van der Waals surface area contributed by atoms with Crippen molar-refractivity contribution in [1.82, 2.24) is 15.0 Å². The zero-order chi connectivity index (χ0) is 22.5. The molecule has 3 heterocycles. The summed E-state index contributed by atoms with van der Waals surface area (Å²) in [5.41, 5.74) is 2.35. The van der Waals surface area contributed by atoms with Crippen molar-refractivity contribution in [1.29, 1.82) is 0 Å². The number of pyridine rings is 1. The Labute approximate surface area is 187 Å². The third kappa shape index (κ3) is 4.67. The summed E-state index contributed by atoms with van der Waals surface area (Å²) in [5, 5.41) is 12.9. The van der Waals surface area contributed by atoms with Gasteiger partial charge in [0, 0.05) is 48.9 Å². The van der Waals surface area contributed by atoms with E-state index < -0.39 is 0 Å². The molecule has 1 aromatic carbocycles. The van der Waals surface area contributed by atoms with Crippen LogP contribution >= 0.6 is 0 Å². The topological polar surface area (TPSA) is 102 Å². The lowest BCUT2D eigenvalue weighted by molar-refractivity contribution is 0.145. The largest absolute Gasteiger partial charge is 0.493 e. The lowest BCUT2D eigenvalue weighted by Crippen LogP contribution is -2.36. The zero-order valence-corrected chi connectivity index (χ0v) is 18.4. The first-order chi connectivity index (χ1) is 15.6. The van der Waals surface area contributed by atoms with Gasteiger partial charge in [0.15, 0.2) is 11.5 Å². The van der Waals surface area contributed by atoms with E-state index in [2.05, 4.69) is 25.2 Å². The first-order valence-electron chi connectivity index (χ1n) is 10.4. The van der Waals surface area contributed by atoms with Crippen LogP contribution in [0.3, 0.4) is 0 Å². The van der Waals surface area contributed by atoms with Gasteiger partial charge >= 0.3 is 0 Å². The molecule has 1 aliphatic heterocycles. The van der Waals surface area contributed by atoms with Crippen molar-refractivity contribution in [2.45, 2.75) is 18.9 Å². The normalized spacial score (nSPS) is 14.2. The quantitative estimate of drug-likeness (QED) is 0.576. The lowest BCUT2D eigenvalue weighted by Gasteiger charge is -2.30. The Bertz CT molecular complexity index is 1030. The Hall–Kier alpha value is -3.59. The number of nitrogens with one attached hydrogen (secondary N) is 1. The van der Waals surface area contributed by atoms with Crippen LogP contribution in [0.1, 0.15) is 12.8 Å². The molecule has 9 heteroatoms. The third-order valence-electron chi connectivity index (χ3n) is 5.41. The van der Waals surface area contributed by atoms with Crippen LogP contribution < -0.4 is 24.4 Å². The van der Waals surface area contributed by atoms with E-state index in [1.807, 2.05) is 24.4 Å². The summed E-state index contributed by atoms with van der Waals surface area (Å²) in [6, 6.07) is 9.42. The average molecular weight is 438 g/mol. The van der Waals surface area contributed by atoms with Gasteiger partial charge in [-0.05, 0) is 31.0 Å². The van der Waals surface area contributed by atoms with Crippen LogP contribution in [0.25, 0.3) is 11.3 Å². The molecule has 32 heavy (non-hydrogen) atoms. The number of anilines is 3. The maximum Gasteiger partial charge on any atom is 0.227 e. The van der Waals surface area contributed by atoms with Crippen molar-refractivity contribution in [3.8, 4) is 28.5 Å². The van der Waals surface area contributed by atoms with Crippen LogP contribution in [0.4, 0.5) is 17.5 Å². The van der Waals surface area contributed by atoms with E-state index in [1.54, 1.807) is 39.7 Å². The minimum absolute atomic E-state index is 0.205. The Kier molecular flexibility index (Phi) is 6.55. The van der Waals surface area contributed by atoms with Crippen molar-refractivity contribution >= 4 is 17.5 Å². The summed E-state index contributed by atoms with van der Waals surface area (Å²) in [6.45, 7) is 1.62. The molecule has 4 rings (SSSR count). The average Bonchev–Trinajstić information content (AvgIpc) is 2.84. The van der Waals surface area contributed by atoms with Gasteiger partial charge in [-0.1, -0.05) is 0 Å². The summed E-state index contributed by atoms with van der Waals surface area (Å²) in [6.07, 6.45) is 4.84. The second kappa shape index (κ2) is 9.69. The highest BCUT2D eigenvalue weighted by Crippen LogP contribution is 2.40. The van der Waals surface area contributed by atoms with E-state index in [-0.39, 0.29) is 6.10 Å². The molecule has 0 bridgehead atoms. The summed E-state index contributed by atoms with van der Waals surface area (Å²) < 4.78 is 16.2. The molecule has 1 fully saturated rings. The molecule has 2 aromatic heterocycles. The molecule has 0 atom stereocenters. The SMILES string of the molecule is COc1cc(Nc2nccc(-c3ccc(N4CCC(O)CC4)nc3)n2)cc(OC)c1OC. The Morgan fingerprint density at radius 1 is 0.969 bits per heavy atom. The number of nitrogens with zero attached hydrogens (tertiary/aromatic N) is 4. The summed E-state index contributed by atoms with van der Waals surface area (Å²) in [5.74, 6) is 2.94. The number of aliphatic hydroxyl groups is 1. The molecule has 0 saturated carbocycles. The Morgan fingerprint density at radius 2 is 1.69 bits per heavy atom. The molecule has 1 aliphatic rings. The van der Waals surface area contributed by atoms with Crippen LogP contribution in [0.5, 0.6) is 17.2 Å². The number of aliphatic hydroxyl groups excluding tert-OH is 1. The number of piperidine rings is 1. The van der Waals surface area contributed by atoms with Gasteiger partial charge in [0.1, 0.15) is 5.82 Å². The van der Waals surface area contributed by atoms with Crippen molar-refractivity contribution < 1.29 is 19.3 Å². The van der Waals surface area contributed by atoms with Crippen molar-refractivity contribution in [2.24, 2.45) is 0 Å². The van der Waals surface area contributed by atoms with Crippen molar-refractivity contribution in [3.63, 3.8) is 0 Å². The minimum atomic E-state index is -0.205. The molecule has 0 radical (unpaired) electrons. The number of aromatic nitrogens is 3. The van der Waals surface area contributed by atoms with E-state index in [0.717, 1.165) is 43.0 Å². The van der Waals surface area contributed by atoms with Gasteiger partial charge < -0.3 is 29.5 Å². The maximum atomic E-state index is 9.70. The Morgan fingerprint density at radius 3 is 2.28 bits per heavy atom. The first kappa shape index (κ1) is 21.6. The van der Waals surface area contributed by atoms with E-state index in [0.29, 0.717) is 28.9 Å². The van der Waals surface area contributed by atoms with Gasteiger partial charge in [-0.25, -0.2) is 15.0 Å². The molecule has 0 aliphatic carbocycles. The molecule has 1 saturated heterocycles. The number of hydrogen-bond acceptors (Lipinski definition) is 9. The van der Waals surface area contributed by atoms with Crippen LogP contribution in [0, 0.1) is 0 Å². The number of hydrogen-bond donors (Lipinski definition) is 2. The first-order valence-corrected chi connectivity index (χ1v) is 10.4. The number of rotatable bonds is 7. The fraction of sp³-hybridized carbons (Fsp3) is 0.348. The number of ether oxygens (including phenoxy) is 3. The molecule has 3 aromatic rings. The second-order valence-corrected chi connectivity index (χ2v) is 7.43. The molecule has 0 spiro atoms. The lowest BCUT2D eigenvalue weighted by atomic mass is 10.1. The van der Waals surface area contributed by atoms with Crippen molar-refractivity contribution in [3.05, 3.63) is 42.7 Å². The standard InChI is InChI=1S/C23H27N5O4/c1-30-19-12-16(13-20(31-2)22(19)32-3)26-23-24-9-6-18(27-23)15-4-5-21(25-14-15)28-10-7-17(29)8-11-28/h4-6,9,12-14,17,29H,7-8,10-11H2,1-3H3,(H,24,26,27). The highest BCUT2D eigenvalue weighted by molar-refractivity contribution is 5.67. The molecular formula is C23H27N5O4. The Balaban J connectivity index is 1.53. The number of methoxy groups -OCH3 is 3. The fourth-order valence-corrected chi connectivity index (χ4v) is 3.68. The smallest absolute Gasteiger partial charge is 0.227 e. The van der Waals surface area contributed by atoms with E-state index in [9.17, 15) is 5.11 Å². The summed E-state index contributed by atoms with van der Waals surface area (Å²) in [4.78, 5) is 15.7. The maximum absolute atomic E-state index is 9.70. The second-order valence-electron chi connectivity index (χ2n) is 7.43. The van der Waals surface area contributed by atoms with Crippen LogP contribution in [0.2, 0.25) is 0 Å². The minimum Gasteiger partial charge on any atom is -0.493 e. The van der Waals surface area contributed by atoms with Gasteiger partial charge in [-0.15, -0.1) is 0 Å². The van der Waals surface area contributed by atoms with Crippen LogP contribution in [-0.2, 0) is 0 Å². The summed E-state index contributed by atoms with van der Waals surface area (Å²) >= 11 is 0. The molecule has 0 amide bonds. The van der Waals surface area contributed by atoms with Crippen LogP contribution in [-0.4, -0.2) is 60.6 Å². The van der Waals surface area contributed by atoms with E-state index in [1.165, 1.54) is 0 Å². The highest BCUT2D eigenvalue weighted by atomic mass is 16.5.